The van der Waals surface area contributed by atoms with Gasteiger partial charge in [-0.3, -0.25) is 4.79 Å². The Hall–Kier alpha value is -2.15. The highest BCUT2D eigenvalue weighted by Gasteiger charge is 2.30. The van der Waals surface area contributed by atoms with Crippen LogP contribution in [0.15, 0.2) is 23.3 Å². The lowest BCUT2D eigenvalue weighted by Gasteiger charge is -2.28. The van der Waals surface area contributed by atoms with Crippen LogP contribution in [0.5, 0.6) is 0 Å². The topological polar surface area (TPSA) is 65.2 Å². The van der Waals surface area contributed by atoms with Gasteiger partial charge in [-0.15, -0.1) is 0 Å². The van der Waals surface area contributed by atoms with Gasteiger partial charge in [0, 0.05) is 17.9 Å². The van der Waals surface area contributed by atoms with Gasteiger partial charge in [0.05, 0.1) is 17.3 Å². The second-order valence-electron chi connectivity index (χ2n) is 4.46. The fourth-order valence-corrected chi connectivity index (χ4v) is 2.55. The maximum atomic E-state index is 11.3. The molecule has 4 nitrogen and oxygen atoms in total. The van der Waals surface area contributed by atoms with E-state index >= 15 is 0 Å². The molecule has 1 aliphatic carbocycles. The third kappa shape index (κ3) is 1.60. The van der Waals surface area contributed by atoms with E-state index in [1.54, 1.807) is 6.07 Å². The normalized spacial score (nSPS) is 21.7. The number of hydrazone groups is 1. The Morgan fingerprint density at radius 3 is 3.18 bits per heavy atom. The molecule has 0 aromatic heterocycles. The molecule has 0 radical (unpaired) electrons. The van der Waals surface area contributed by atoms with E-state index in [9.17, 15) is 4.79 Å². The van der Waals surface area contributed by atoms with Crippen molar-refractivity contribution in [3.05, 3.63) is 34.9 Å². The van der Waals surface area contributed by atoms with Gasteiger partial charge in [0.25, 0.3) is 0 Å². The van der Waals surface area contributed by atoms with Gasteiger partial charge in [0.2, 0.25) is 5.91 Å². The summed E-state index contributed by atoms with van der Waals surface area (Å²) in [6.07, 6.45) is 2.38. The smallest absolute Gasteiger partial charge is 0.240 e. The number of amides is 1. The van der Waals surface area contributed by atoms with Crippen molar-refractivity contribution in [3.8, 4) is 6.07 Å². The van der Waals surface area contributed by atoms with E-state index in [1.165, 1.54) is 0 Å². The Bertz CT molecular complexity index is 569. The highest BCUT2D eigenvalue weighted by Crippen LogP contribution is 2.30. The average molecular weight is 225 g/mol. The molecule has 0 bridgehead atoms. The molecule has 0 unspecified atom stereocenters. The SMILES string of the molecule is N#Cc1ccc2c(c1)CC[C@H]1CC(=O)NN=C21. The highest BCUT2D eigenvalue weighted by atomic mass is 16.2. The Kier molecular flexibility index (Phi) is 2.19. The van der Waals surface area contributed by atoms with Gasteiger partial charge >= 0.3 is 0 Å². The van der Waals surface area contributed by atoms with Crippen LogP contribution in [0.2, 0.25) is 0 Å². The van der Waals surface area contributed by atoms with E-state index in [1.807, 2.05) is 12.1 Å². The summed E-state index contributed by atoms with van der Waals surface area (Å²) in [4.78, 5) is 11.3. The van der Waals surface area contributed by atoms with E-state index in [0.717, 1.165) is 29.7 Å². The first-order valence-corrected chi connectivity index (χ1v) is 5.68. The van der Waals surface area contributed by atoms with Gasteiger partial charge in [-0.25, -0.2) is 5.43 Å². The maximum Gasteiger partial charge on any atom is 0.240 e. The molecule has 3 rings (SSSR count). The minimum Gasteiger partial charge on any atom is -0.273 e. The molecule has 1 heterocycles. The van der Waals surface area contributed by atoms with Crippen molar-refractivity contribution >= 4 is 11.6 Å². The van der Waals surface area contributed by atoms with Crippen molar-refractivity contribution in [1.82, 2.24) is 5.43 Å². The number of nitriles is 1. The van der Waals surface area contributed by atoms with Crippen molar-refractivity contribution in [3.63, 3.8) is 0 Å². The van der Waals surface area contributed by atoms with E-state index in [0.29, 0.717) is 12.0 Å². The standard InChI is InChI=1S/C13H11N3O/c14-7-8-1-4-11-9(5-8)2-3-10-6-12(17)15-16-13(10)11/h1,4-5,10H,2-3,6H2,(H,15,17)/t10-/m0/s1. The van der Waals surface area contributed by atoms with Crippen molar-refractivity contribution in [1.29, 1.82) is 5.26 Å². The Morgan fingerprint density at radius 1 is 1.47 bits per heavy atom. The van der Waals surface area contributed by atoms with Crippen LogP contribution in [0, 0.1) is 17.2 Å². The quantitative estimate of drug-likeness (QED) is 0.724. The zero-order chi connectivity index (χ0) is 11.8. The minimum atomic E-state index is -0.00385. The Balaban J connectivity index is 2.08. The van der Waals surface area contributed by atoms with E-state index in [2.05, 4.69) is 16.6 Å². The van der Waals surface area contributed by atoms with Crippen LogP contribution in [-0.4, -0.2) is 11.6 Å². The molecule has 1 aliphatic heterocycles. The molecule has 1 N–H and O–H groups in total. The molecule has 1 amide bonds. The van der Waals surface area contributed by atoms with Crippen LogP contribution in [0.25, 0.3) is 0 Å². The lowest BCUT2D eigenvalue weighted by molar-refractivity contribution is -0.122. The van der Waals surface area contributed by atoms with Crippen LogP contribution in [-0.2, 0) is 11.2 Å². The summed E-state index contributed by atoms with van der Waals surface area (Å²) in [5.74, 6) is 0.236. The summed E-state index contributed by atoms with van der Waals surface area (Å²) in [6, 6.07) is 7.81. The van der Waals surface area contributed by atoms with Crippen molar-refractivity contribution < 1.29 is 4.79 Å². The number of rotatable bonds is 0. The monoisotopic (exact) mass is 225 g/mol. The average Bonchev–Trinajstić information content (AvgIpc) is 2.37. The number of hydrogen-bond acceptors (Lipinski definition) is 3. The molecule has 0 saturated heterocycles. The molecule has 2 aliphatic rings. The molecule has 1 aromatic carbocycles. The molecule has 17 heavy (non-hydrogen) atoms. The molecular weight excluding hydrogens is 214 g/mol. The molecular formula is C13H11N3O. The summed E-state index contributed by atoms with van der Waals surface area (Å²) in [7, 11) is 0. The summed E-state index contributed by atoms with van der Waals surface area (Å²) in [5, 5.41) is 13.0. The first-order valence-electron chi connectivity index (χ1n) is 5.68. The van der Waals surface area contributed by atoms with Crippen LogP contribution < -0.4 is 5.43 Å². The summed E-state index contributed by atoms with van der Waals surface area (Å²) < 4.78 is 0. The number of hydrogen-bond donors (Lipinski definition) is 1. The van der Waals surface area contributed by atoms with Gasteiger partial charge < -0.3 is 0 Å². The van der Waals surface area contributed by atoms with E-state index in [4.69, 9.17) is 5.26 Å². The molecule has 1 aromatic rings. The number of fused-ring (bicyclic) bond motifs is 3. The molecule has 0 fully saturated rings. The van der Waals surface area contributed by atoms with Crippen LogP contribution in [0.4, 0.5) is 0 Å². The molecule has 84 valence electrons. The third-order valence-electron chi connectivity index (χ3n) is 3.39. The number of carbonyl (C=O) groups excluding carboxylic acids is 1. The van der Waals surface area contributed by atoms with Gasteiger partial charge in [-0.1, -0.05) is 6.07 Å². The number of nitrogens with one attached hydrogen (secondary N) is 1. The number of aryl methyl sites for hydroxylation is 1. The minimum absolute atomic E-state index is 0.00385. The van der Waals surface area contributed by atoms with E-state index < -0.39 is 0 Å². The molecule has 0 saturated carbocycles. The summed E-state index contributed by atoms with van der Waals surface area (Å²) in [6.45, 7) is 0. The zero-order valence-electron chi connectivity index (χ0n) is 9.23. The van der Waals surface area contributed by atoms with Crippen molar-refractivity contribution in [2.24, 2.45) is 11.0 Å². The van der Waals surface area contributed by atoms with Crippen LogP contribution in [0.3, 0.4) is 0 Å². The van der Waals surface area contributed by atoms with Gasteiger partial charge in [-0.05, 0) is 30.5 Å². The number of benzene rings is 1. The van der Waals surface area contributed by atoms with Gasteiger partial charge in [0.1, 0.15) is 0 Å². The Morgan fingerprint density at radius 2 is 2.35 bits per heavy atom. The first-order chi connectivity index (χ1) is 8.28. The van der Waals surface area contributed by atoms with Crippen molar-refractivity contribution in [2.45, 2.75) is 19.3 Å². The fraction of sp³-hybridized carbons (Fsp3) is 0.308. The summed E-state index contributed by atoms with van der Waals surface area (Å²) >= 11 is 0. The van der Waals surface area contributed by atoms with E-state index in [-0.39, 0.29) is 11.8 Å². The van der Waals surface area contributed by atoms with Crippen LogP contribution >= 0.6 is 0 Å². The maximum absolute atomic E-state index is 11.3. The second kappa shape index (κ2) is 3.70. The number of nitrogens with zero attached hydrogens (tertiary/aromatic N) is 2. The third-order valence-corrected chi connectivity index (χ3v) is 3.39. The molecule has 4 heteroatoms. The predicted octanol–water partition coefficient (Wildman–Crippen LogP) is 1.34. The first kappa shape index (κ1) is 10.0. The number of carbonyl (C=O) groups is 1. The van der Waals surface area contributed by atoms with Crippen molar-refractivity contribution in [2.75, 3.05) is 0 Å². The molecule has 1 atom stereocenters. The largest absolute Gasteiger partial charge is 0.273 e. The Labute approximate surface area is 98.9 Å². The zero-order valence-corrected chi connectivity index (χ0v) is 9.23. The highest BCUT2D eigenvalue weighted by molar-refractivity contribution is 6.07. The lowest BCUT2D eigenvalue weighted by atomic mass is 9.79. The lowest BCUT2D eigenvalue weighted by Crippen LogP contribution is -2.36. The summed E-state index contributed by atoms with van der Waals surface area (Å²) in [5.41, 5.74) is 6.43. The second-order valence-corrected chi connectivity index (χ2v) is 4.46. The predicted molar refractivity (Wildman–Crippen MR) is 62.3 cm³/mol. The van der Waals surface area contributed by atoms with Crippen LogP contribution in [0.1, 0.15) is 29.5 Å². The van der Waals surface area contributed by atoms with Gasteiger partial charge in [-0.2, -0.15) is 10.4 Å². The van der Waals surface area contributed by atoms with Gasteiger partial charge in [0.15, 0.2) is 0 Å². The fourth-order valence-electron chi connectivity index (χ4n) is 2.55. The molecule has 0 spiro atoms.